The van der Waals surface area contributed by atoms with Crippen LogP contribution in [0.2, 0.25) is 0 Å². The lowest BCUT2D eigenvalue weighted by atomic mass is 10.2. The van der Waals surface area contributed by atoms with E-state index < -0.39 is 0 Å². The molecule has 0 saturated carbocycles. The van der Waals surface area contributed by atoms with Gasteiger partial charge in [0, 0.05) is 12.8 Å². The fourth-order valence-electron chi connectivity index (χ4n) is 1.54. The Kier molecular flexibility index (Phi) is 4.32. The lowest BCUT2D eigenvalue weighted by molar-refractivity contribution is -0.141. The van der Waals surface area contributed by atoms with E-state index in [0.717, 1.165) is 11.3 Å². The second kappa shape index (κ2) is 5.30. The van der Waals surface area contributed by atoms with E-state index >= 15 is 0 Å². The fraction of sp³-hybridized carbons (Fsp3) is 0.700. The smallest absolute Gasteiger partial charge is 0.243 e. The van der Waals surface area contributed by atoms with Gasteiger partial charge < -0.3 is 0 Å². The van der Waals surface area contributed by atoms with Crippen molar-refractivity contribution >= 4 is 29.4 Å². The molecule has 0 aromatic heterocycles. The summed E-state index contributed by atoms with van der Waals surface area (Å²) < 4.78 is 0. The molecule has 1 unspecified atom stereocenters. The van der Waals surface area contributed by atoms with Crippen molar-refractivity contribution < 1.29 is 14.4 Å². The number of Topliss-reactive ketones (excluding diaryl/α,β-unsaturated/α-hetero) is 1. The van der Waals surface area contributed by atoms with Gasteiger partial charge in [0.25, 0.3) is 0 Å². The number of rotatable bonds is 5. The highest BCUT2D eigenvalue weighted by Gasteiger charge is 2.38. The molecule has 1 saturated heterocycles. The summed E-state index contributed by atoms with van der Waals surface area (Å²) in [7, 11) is 0. The van der Waals surface area contributed by atoms with Gasteiger partial charge in [-0.3, -0.25) is 19.3 Å². The Hall–Kier alpha value is -0.840. The summed E-state index contributed by atoms with van der Waals surface area (Å²) in [5.74, 6) is -0.471. The Labute approximate surface area is 93.4 Å². The van der Waals surface area contributed by atoms with Crippen molar-refractivity contribution in [3.63, 3.8) is 0 Å². The number of amides is 2. The van der Waals surface area contributed by atoms with Gasteiger partial charge in [-0.25, -0.2) is 0 Å². The quantitative estimate of drug-likeness (QED) is 0.656. The normalized spacial score (nSPS) is 21.2. The molecule has 0 aromatic rings. The van der Waals surface area contributed by atoms with Crippen LogP contribution in [0.1, 0.15) is 26.2 Å². The Morgan fingerprint density at radius 2 is 2.20 bits per heavy atom. The fourth-order valence-corrected chi connectivity index (χ4v) is 2.18. The maximum atomic E-state index is 11.6. The van der Waals surface area contributed by atoms with Crippen molar-refractivity contribution in [3.05, 3.63) is 0 Å². The molecule has 1 aliphatic rings. The number of carbonyl (C=O) groups excluding carboxylic acids is 3. The van der Waals surface area contributed by atoms with E-state index in [-0.39, 0.29) is 35.8 Å². The number of imide groups is 1. The molecular formula is C10H15NO3S. The van der Waals surface area contributed by atoms with Crippen LogP contribution in [0.4, 0.5) is 0 Å². The van der Waals surface area contributed by atoms with Gasteiger partial charge in [-0.05, 0) is 12.7 Å². The van der Waals surface area contributed by atoms with Gasteiger partial charge in [0.2, 0.25) is 11.8 Å². The zero-order valence-electron chi connectivity index (χ0n) is 8.99. The monoisotopic (exact) mass is 229 g/mol. The van der Waals surface area contributed by atoms with Crippen LogP contribution < -0.4 is 0 Å². The lowest BCUT2D eigenvalue weighted by Gasteiger charge is -2.12. The minimum atomic E-state index is -0.285. The molecule has 0 aliphatic carbocycles. The number of thioether (sulfide) groups is 1. The molecule has 1 rings (SSSR count). The standard InChI is InChI=1S/C10H15NO3S/c1-3-4-7(12)6-11-9(13)5-8(15-2)10(11)14/h8H,3-6H2,1-2H3. The summed E-state index contributed by atoms with van der Waals surface area (Å²) in [6.45, 7) is 1.86. The van der Waals surface area contributed by atoms with Crippen molar-refractivity contribution in [3.8, 4) is 0 Å². The first kappa shape index (κ1) is 12.2. The van der Waals surface area contributed by atoms with E-state index in [1.54, 1.807) is 6.26 Å². The van der Waals surface area contributed by atoms with Crippen molar-refractivity contribution in [2.24, 2.45) is 0 Å². The predicted octanol–water partition coefficient (Wildman–Crippen LogP) is 0.846. The third-order valence-electron chi connectivity index (χ3n) is 2.35. The second-order valence-electron chi connectivity index (χ2n) is 3.54. The van der Waals surface area contributed by atoms with Gasteiger partial charge in [0.05, 0.1) is 11.8 Å². The molecule has 15 heavy (non-hydrogen) atoms. The zero-order valence-corrected chi connectivity index (χ0v) is 9.80. The number of hydrogen-bond acceptors (Lipinski definition) is 4. The Morgan fingerprint density at radius 1 is 1.53 bits per heavy atom. The molecule has 1 atom stereocenters. The van der Waals surface area contributed by atoms with Gasteiger partial charge in [-0.15, -0.1) is 0 Å². The van der Waals surface area contributed by atoms with E-state index in [1.165, 1.54) is 11.8 Å². The Morgan fingerprint density at radius 3 is 2.67 bits per heavy atom. The van der Waals surface area contributed by atoms with Crippen LogP contribution in [0.5, 0.6) is 0 Å². The SMILES string of the molecule is CCCC(=O)CN1C(=O)CC(SC)C1=O. The number of nitrogens with zero attached hydrogens (tertiary/aromatic N) is 1. The van der Waals surface area contributed by atoms with Crippen molar-refractivity contribution in [1.82, 2.24) is 4.90 Å². The molecule has 0 radical (unpaired) electrons. The lowest BCUT2D eigenvalue weighted by Crippen LogP contribution is -2.35. The zero-order chi connectivity index (χ0) is 11.4. The van der Waals surface area contributed by atoms with Crippen LogP contribution in [0, 0.1) is 0 Å². The third kappa shape index (κ3) is 2.81. The second-order valence-corrected chi connectivity index (χ2v) is 4.58. The molecule has 1 aliphatic heterocycles. The van der Waals surface area contributed by atoms with E-state index in [1.807, 2.05) is 6.92 Å². The number of carbonyl (C=O) groups is 3. The first-order chi connectivity index (χ1) is 7.10. The van der Waals surface area contributed by atoms with E-state index in [4.69, 9.17) is 0 Å². The maximum Gasteiger partial charge on any atom is 0.243 e. The van der Waals surface area contributed by atoms with E-state index in [0.29, 0.717) is 6.42 Å². The first-order valence-corrected chi connectivity index (χ1v) is 6.27. The van der Waals surface area contributed by atoms with Crippen LogP contribution in [0.15, 0.2) is 0 Å². The van der Waals surface area contributed by atoms with Crippen LogP contribution in [0.3, 0.4) is 0 Å². The molecule has 1 fully saturated rings. The Balaban J connectivity index is 2.59. The highest BCUT2D eigenvalue weighted by Crippen LogP contribution is 2.22. The third-order valence-corrected chi connectivity index (χ3v) is 3.29. The molecule has 0 spiro atoms. The highest BCUT2D eigenvalue weighted by molar-refractivity contribution is 8.00. The number of likely N-dealkylation sites (tertiary alicyclic amines) is 1. The van der Waals surface area contributed by atoms with Gasteiger partial charge in [-0.2, -0.15) is 11.8 Å². The van der Waals surface area contributed by atoms with Crippen molar-refractivity contribution in [2.45, 2.75) is 31.4 Å². The van der Waals surface area contributed by atoms with Gasteiger partial charge >= 0.3 is 0 Å². The van der Waals surface area contributed by atoms with E-state index in [2.05, 4.69) is 0 Å². The molecule has 84 valence electrons. The van der Waals surface area contributed by atoms with Crippen LogP contribution in [-0.4, -0.2) is 40.5 Å². The summed E-state index contributed by atoms with van der Waals surface area (Å²) in [5, 5.41) is -0.285. The summed E-state index contributed by atoms with van der Waals surface area (Å²) in [4.78, 5) is 35.5. The summed E-state index contributed by atoms with van der Waals surface area (Å²) in [6, 6.07) is 0. The maximum absolute atomic E-state index is 11.6. The average Bonchev–Trinajstić information content (AvgIpc) is 2.45. The molecule has 0 N–H and O–H groups in total. The number of hydrogen-bond donors (Lipinski definition) is 0. The Bertz CT molecular complexity index is 290. The topological polar surface area (TPSA) is 54.5 Å². The molecule has 2 amide bonds. The van der Waals surface area contributed by atoms with Crippen LogP contribution in [-0.2, 0) is 14.4 Å². The van der Waals surface area contributed by atoms with Crippen molar-refractivity contribution in [2.75, 3.05) is 12.8 Å². The van der Waals surface area contributed by atoms with Gasteiger partial charge in [0.15, 0.2) is 5.78 Å². The van der Waals surface area contributed by atoms with Crippen LogP contribution >= 0.6 is 11.8 Å². The van der Waals surface area contributed by atoms with Crippen LogP contribution in [0.25, 0.3) is 0 Å². The van der Waals surface area contributed by atoms with Gasteiger partial charge in [0.1, 0.15) is 0 Å². The first-order valence-electron chi connectivity index (χ1n) is 4.98. The average molecular weight is 229 g/mol. The number of ketones is 1. The summed E-state index contributed by atoms with van der Waals surface area (Å²) >= 11 is 1.37. The molecule has 0 bridgehead atoms. The van der Waals surface area contributed by atoms with Crippen molar-refractivity contribution in [1.29, 1.82) is 0 Å². The molecular weight excluding hydrogens is 214 g/mol. The molecule has 4 nitrogen and oxygen atoms in total. The largest absolute Gasteiger partial charge is 0.298 e. The summed E-state index contributed by atoms with van der Waals surface area (Å²) in [5.41, 5.74) is 0. The highest BCUT2D eigenvalue weighted by atomic mass is 32.2. The van der Waals surface area contributed by atoms with E-state index in [9.17, 15) is 14.4 Å². The summed E-state index contributed by atoms with van der Waals surface area (Å²) in [6.07, 6.45) is 3.22. The minimum Gasteiger partial charge on any atom is -0.298 e. The minimum absolute atomic E-state index is 0.0391. The predicted molar refractivity (Wildman–Crippen MR) is 58.6 cm³/mol. The molecule has 1 heterocycles. The van der Waals surface area contributed by atoms with Gasteiger partial charge in [-0.1, -0.05) is 6.92 Å². The molecule has 5 heteroatoms. The molecule has 0 aromatic carbocycles.